The van der Waals surface area contributed by atoms with Crippen molar-refractivity contribution in [2.24, 2.45) is 11.8 Å². The zero-order valence-corrected chi connectivity index (χ0v) is 11.7. The highest BCUT2D eigenvalue weighted by atomic mass is 16.5. The van der Waals surface area contributed by atoms with Crippen LogP contribution in [0, 0.1) is 11.8 Å². The van der Waals surface area contributed by atoms with E-state index in [1.807, 2.05) is 12.1 Å². The van der Waals surface area contributed by atoms with Gasteiger partial charge in [-0.1, -0.05) is 24.3 Å². The van der Waals surface area contributed by atoms with Crippen LogP contribution in [0.3, 0.4) is 0 Å². The third-order valence-electron chi connectivity index (χ3n) is 4.75. The normalized spacial score (nSPS) is 35.2. The maximum Gasteiger partial charge on any atom is 0.310 e. The minimum Gasteiger partial charge on any atom is -0.508 e. The molecule has 22 heavy (non-hydrogen) atoms. The Hall–Kier alpha value is -2.34. The number of aromatic hydroxyl groups is 1. The molecule has 2 fully saturated rings. The van der Waals surface area contributed by atoms with E-state index in [0.29, 0.717) is 13.1 Å². The maximum atomic E-state index is 12.7. The largest absolute Gasteiger partial charge is 0.508 e. The van der Waals surface area contributed by atoms with E-state index in [1.54, 1.807) is 29.2 Å². The van der Waals surface area contributed by atoms with Crippen molar-refractivity contribution in [3.05, 3.63) is 42.0 Å². The number of likely N-dealkylation sites (tertiary alicyclic amines) is 1. The molecule has 114 valence electrons. The highest BCUT2D eigenvalue weighted by Gasteiger charge is 2.66. The average Bonchev–Trinajstić information content (AvgIpc) is 3.08. The van der Waals surface area contributed by atoms with Crippen molar-refractivity contribution in [1.82, 2.24) is 4.90 Å². The van der Waals surface area contributed by atoms with Gasteiger partial charge in [-0.25, -0.2) is 0 Å². The van der Waals surface area contributed by atoms with Gasteiger partial charge in [0.15, 0.2) is 0 Å². The Balaban J connectivity index is 1.62. The molecule has 2 saturated heterocycles. The van der Waals surface area contributed by atoms with Gasteiger partial charge in [0.05, 0.1) is 18.6 Å². The van der Waals surface area contributed by atoms with Crippen molar-refractivity contribution < 1.29 is 24.5 Å². The number of rotatable bonds is 3. The Morgan fingerprint density at radius 3 is 3.00 bits per heavy atom. The number of fused-ring (bicyclic) bond motifs is 1. The Morgan fingerprint density at radius 2 is 2.27 bits per heavy atom. The van der Waals surface area contributed by atoms with Crippen molar-refractivity contribution in [2.75, 3.05) is 6.54 Å². The smallest absolute Gasteiger partial charge is 0.310 e. The minimum atomic E-state index is -0.992. The topological polar surface area (TPSA) is 87.1 Å². The molecule has 0 unspecified atom stereocenters. The number of amides is 1. The van der Waals surface area contributed by atoms with Crippen molar-refractivity contribution in [3.8, 4) is 5.75 Å². The Kier molecular flexibility index (Phi) is 2.62. The number of phenolic OH excluding ortho intramolecular Hbond substituents is 1. The van der Waals surface area contributed by atoms with Gasteiger partial charge in [0.1, 0.15) is 17.3 Å². The molecule has 3 aliphatic rings. The summed E-state index contributed by atoms with van der Waals surface area (Å²) in [5.41, 5.74) is -0.00290. The number of hydrogen-bond acceptors (Lipinski definition) is 4. The number of phenols is 1. The molecule has 0 aromatic heterocycles. The Morgan fingerprint density at radius 1 is 1.45 bits per heavy atom. The van der Waals surface area contributed by atoms with E-state index in [2.05, 4.69) is 0 Å². The third-order valence-corrected chi connectivity index (χ3v) is 4.75. The van der Waals surface area contributed by atoms with E-state index in [1.165, 1.54) is 0 Å². The summed E-state index contributed by atoms with van der Waals surface area (Å²) in [5.74, 6) is -2.51. The second-order valence-electron chi connectivity index (χ2n) is 6.10. The summed E-state index contributed by atoms with van der Waals surface area (Å²) < 4.78 is 5.82. The van der Waals surface area contributed by atoms with Crippen LogP contribution in [0.2, 0.25) is 0 Å². The zero-order valence-electron chi connectivity index (χ0n) is 11.7. The second-order valence-corrected chi connectivity index (χ2v) is 6.10. The van der Waals surface area contributed by atoms with Gasteiger partial charge in [0.2, 0.25) is 5.91 Å². The molecule has 1 aromatic rings. The first kappa shape index (κ1) is 13.3. The van der Waals surface area contributed by atoms with Crippen LogP contribution in [-0.2, 0) is 20.9 Å². The third kappa shape index (κ3) is 1.70. The summed E-state index contributed by atoms with van der Waals surface area (Å²) in [5, 5.41) is 18.9. The van der Waals surface area contributed by atoms with Crippen LogP contribution in [0.5, 0.6) is 5.75 Å². The zero-order chi connectivity index (χ0) is 15.5. The summed E-state index contributed by atoms with van der Waals surface area (Å²) in [6.45, 7) is 0.683. The molecular formula is C16H15NO5. The molecule has 2 bridgehead atoms. The highest BCUT2D eigenvalue weighted by molar-refractivity contribution is 5.90. The first-order valence-corrected chi connectivity index (χ1v) is 7.17. The van der Waals surface area contributed by atoms with Gasteiger partial charge in [0.25, 0.3) is 0 Å². The first-order valence-electron chi connectivity index (χ1n) is 7.17. The molecule has 4 rings (SSSR count). The fourth-order valence-electron chi connectivity index (χ4n) is 3.87. The molecule has 1 spiro atoms. The lowest BCUT2D eigenvalue weighted by Crippen LogP contribution is -2.39. The van der Waals surface area contributed by atoms with Crippen molar-refractivity contribution >= 4 is 11.9 Å². The quantitative estimate of drug-likeness (QED) is 0.805. The number of carbonyl (C=O) groups is 2. The average molecular weight is 301 g/mol. The van der Waals surface area contributed by atoms with Crippen molar-refractivity contribution in [2.45, 2.75) is 18.2 Å². The minimum absolute atomic E-state index is 0.142. The van der Waals surface area contributed by atoms with Crippen LogP contribution in [0.15, 0.2) is 36.4 Å². The molecule has 6 nitrogen and oxygen atoms in total. The lowest BCUT2D eigenvalue weighted by molar-refractivity contribution is -0.148. The molecule has 0 radical (unpaired) electrons. The second kappa shape index (κ2) is 4.33. The van der Waals surface area contributed by atoms with Crippen LogP contribution >= 0.6 is 0 Å². The van der Waals surface area contributed by atoms with Crippen molar-refractivity contribution in [1.29, 1.82) is 0 Å². The lowest BCUT2D eigenvalue weighted by Gasteiger charge is -2.21. The van der Waals surface area contributed by atoms with Crippen LogP contribution < -0.4 is 0 Å². The summed E-state index contributed by atoms with van der Waals surface area (Å²) in [6.07, 6.45) is 3.08. The molecular weight excluding hydrogens is 286 g/mol. The molecule has 2 N–H and O–H groups in total. The molecule has 6 heteroatoms. The van der Waals surface area contributed by atoms with E-state index in [9.17, 15) is 19.8 Å². The number of hydrogen-bond donors (Lipinski definition) is 2. The molecule has 3 aliphatic heterocycles. The standard InChI is InChI=1S/C16H15NO5/c18-10-3-1-2-9(6-10)7-17-8-16-5-4-11(22-16)12(15(20)21)13(16)14(17)19/h1-6,11-13,18H,7-8H2,(H,20,21)/t11-,12+,13+,16+/m1/s1. The predicted octanol–water partition coefficient (Wildman–Crippen LogP) is 0.759. The van der Waals surface area contributed by atoms with Gasteiger partial charge < -0.3 is 19.8 Å². The summed E-state index contributed by atoms with van der Waals surface area (Å²) >= 11 is 0. The van der Waals surface area contributed by atoms with Crippen LogP contribution in [0.25, 0.3) is 0 Å². The van der Waals surface area contributed by atoms with E-state index < -0.39 is 29.5 Å². The number of nitrogens with zero attached hydrogens (tertiary/aromatic N) is 1. The molecule has 0 aliphatic carbocycles. The van der Waals surface area contributed by atoms with Gasteiger partial charge in [-0.2, -0.15) is 0 Å². The fraction of sp³-hybridized carbons (Fsp3) is 0.375. The van der Waals surface area contributed by atoms with Gasteiger partial charge in [-0.3, -0.25) is 9.59 Å². The first-order chi connectivity index (χ1) is 10.5. The Bertz CT molecular complexity index is 700. The number of ether oxygens (including phenoxy) is 1. The number of carboxylic acid groups (broad SMARTS) is 1. The van der Waals surface area contributed by atoms with Gasteiger partial charge in [0, 0.05) is 6.54 Å². The summed E-state index contributed by atoms with van der Waals surface area (Å²) in [4.78, 5) is 25.7. The highest BCUT2D eigenvalue weighted by Crippen LogP contribution is 2.52. The summed E-state index contributed by atoms with van der Waals surface area (Å²) in [7, 11) is 0. The molecule has 1 amide bonds. The van der Waals surface area contributed by atoms with Gasteiger partial charge >= 0.3 is 5.97 Å². The van der Waals surface area contributed by atoms with E-state index in [-0.39, 0.29) is 11.7 Å². The Labute approximate surface area is 126 Å². The molecule has 3 heterocycles. The number of aliphatic carboxylic acids is 1. The monoisotopic (exact) mass is 301 g/mol. The molecule has 4 atom stereocenters. The summed E-state index contributed by atoms with van der Waals surface area (Å²) in [6, 6.07) is 6.70. The fourth-order valence-corrected chi connectivity index (χ4v) is 3.87. The van der Waals surface area contributed by atoms with E-state index in [4.69, 9.17) is 4.74 Å². The molecule has 1 aromatic carbocycles. The van der Waals surface area contributed by atoms with Gasteiger partial charge in [-0.05, 0) is 17.7 Å². The van der Waals surface area contributed by atoms with Crippen LogP contribution in [0.1, 0.15) is 5.56 Å². The van der Waals surface area contributed by atoms with Gasteiger partial charge in [-0.15, -0.1) is 0 Å². The van der Waals surface area contributed by atoms with E-state index in [0.717, 1.165) is 5.56 Å². The number of carbonyl (C=O) groups excluding carboxylic acids is 1. The maximum absolute atomic E-state index is 12.7. The predicted molar refractivity (Wildman–Crippen MR) is 74.9 cm³/mol. The number of carboxylic acids is 1. The molecule has 0 saturated carbocycles. The SMILES string of the molecule is O=C(O)[C@@H]1[C@H]2C(=O)N(Cc3cccc(O)c3)C[C@@]23C=C[C@H]1O3. The van der Waals surface area contributed by atoms with Crippen LogP contribution in [0.4, 0.5) is 0 Å². The van der Waals surface area contributed by atoms with E-state index >= 15 is 0 Å². The van der Waals surface area contributed by atoms with Crippen molar-refractivity contribution in [3.63, 3.8) is 0 Å². The number of benzene rings is 1. The lowest BCUT2D eigenvalue weighted by atomic mass is 9.77. The van der Waals surface area contributed by atoms with Crippen LogP contribution in [-0.4, -0.2) is 45.2 Å².